The highest BCUT2D eigenvalue weighted by atomic mass is 32.2. The SMILES string of the molecule is CCS(=O)(=O)Nc1ccc(-c2cc(Nc3cccnn3)n[nH]2)cc1. The number of anilines is 3. The summed E-state index contributed by atoms with van der Waals surface area (Å²) in [5.41, 5.74) is 2.21. The average Bonchev–Trinajstić information content (AvgIpc) is 3.05. The predicted octanol–water partition coefficient (Wildman–Crippen LogP) is 2.37. The van der Waals surface area contributed by atoms with Crippen LogP contribution in [-0.4, -0.2) is 34.6 Å². The van der Waals surface area contributed by atoms with Crippen molar-refractivity contribution < 1.29 is 8.42 Å². The first kappa shape index (κ1) is 15.9. The monoisotopic (exact) mass is 344 g/mol. The van der Waals surface area contributed by atoms with Gasteiger partial charge in [-0.3, -0.25) is 9.82 Å². The van der Waals surface area contributed by atoms with E-state index in [0.717, 1.165) is 11.3 Å². The van der Waals surface area contributed by atoms with Gasteiger partial charge in [0.25, 0.3) is 0 Å². The molecule has 0 fully saturated rings. The van der Waals surface area contributed by atoms with E-state index in [9.17, 15) is 8.42 Å². The molecule has 0 unspecified atom stereocenters. The van der Waals surface area contributed by atoms with Crippen LogP contribution in [0.15, 0.2) is 48.7 Å². The van der Waals surface area contributed by atoms with Crippen LogP contribution in [0.5, 0.6) is 0 Å². The highest BCUT2D eigenvalue weighted by Gasteiger charge is 2.08. The van der Waals surface area contributed by atoms with Crippen molar-refractivity contribution in [3.63, 3.8) is 0 Å². The molecule has 3 aromatic rings. The lowest BCUT2D eigenvalue weighted by molar-refractivity contribution is 0.602. The highest BCUT2D eigenvalue weighted by Crippen LogP contribution is 2.23. The molecule has 24 heavy (non-hydrogen) atoms. The van der Waals surface area contributed by atoms with E-state index in [-0.39, 0.29) is 5.75 Å². The van der Waals surface area contributed by atoms with E-state index < -0.39 is 10.0 Å². The fourth-order valence-electron chi connectivity index (χ4n) is 2.00. The molecule has 3 rings (SSSR count). The van der Waals surface area contributed by atoms with E-state index in [2.05, 4.69) is 30.4 Å². The first-order valence-electron chi connectivity index (χ1n) is 7.27. The van der Waals surface area contributed by atoms with Crippen LogP contribution in [0, 0.1) is 0 Å². The third kappa shape index (κ3) is 3.87. The zero-order valence-corrected chi connectivity index (χ0v) is 13.7. The van der Waals surface area contributed by atoms with Gasteiger partial charge in [-0.25, -0.2) is 8.42 Å². The number of hydrogen-bond donors (Lipinski definition) is 3. The maximum Gasteiger partial charge on any atom is 0.232 e. The van der Waals surface area contributed by atoms with Gasteiger partial charge in [-0.15, -0.1) is 5.10 Å². The summed E-state index contributed by atoms with van der Waals surface area (Å²) >= 11 is 0. The van der Waals surface area contributed by atoms with Crippen molar-refractivity contribution in [2.24, 2.45) is 0 Å². The van der Waals surface area contributed by atoms with Crippen molar-refractivity contribution in [3.05, 3.63) is 48.7 Å². The molecule has 2 aromatic heterocycles. The first-order chi connectivity index (χ1) is 11.6. The van der Waals surface area contributed by atoms with Crippen LogP contribution in [0.25, 0.3) is 11.3 Å². The second-order valence-corrected chi connectivity index (χ2v) is 6.99. The number of nitrogens with one attached hydrogen (secondary N) is 3. The minimum Gasteiger partial charge on any atom is -0.322 e. The van der Waals surface area contributed by atoms with E-state index >= 15 is 0 Å². The summed E-state index contributed by atoms with van der Waals surface area (Å²) in [5.74, 6) is 1.24. The Morgan fingerprint density at radius 1 is 1.12 bits per heavy atom. The molecule has 8 nitrogen and oxygen atoms in total. The minimum absolute atomic E-state index is 0.0344. The van der Waals surface area contributed by atoms with Gasteiger partial charge in [-0.1, -0.05) is 12.1 Å². The lowest BCUT2D eigenvalue weighted by atomic mass is 10.1. The zero-order valence-electron chi connectivity index (χ0n) is 12.9. The Balaban J connectivity index is 1.73. The van der Waals surface area contributed by atoms with Gasteiger partial charge in [-0.05, 0) is 36.8 Å². The Morgan fingerprint density at radius 3 is 2.58 bits per heavy atom. The fourth-order valence-corrected chi connectivity index (χ4v) is 2.64. The van der Waals surface area contributed by atoms with Crippen LogP contribution in [0.3, 0.4) is 0 Å². The topological polar surface area (TPSA) is 113 Å². The minimum atomic E-state index is -3.27. The van der Waals surface area contributed by atoms with Crippen LogP contribution >= 0.6 is 0 Å². The van der Waals surface area contributed by atoms with Crippen LogP contribution < -0.4 is 10.0 Å². The third-order valence-corrected chi connectivity index (χ3v) is 4.56. The Labute approximate surface area is 139 Å². The molecule has 0 spiro atoms. The number of nitrogens with zero attached hydrogens (tertiary/aromatic N) is 3. The van der Waals surface area contributed by atoms with Gasteiger partial charge >= 0.3 is 0 Å². The van der Waals surface area contributed by atoms with Crippen LogP contribution in [-0.2, 0) is 10.0 Å². The fraction of sp³-hybridized carbons (Fsp3) is 0.133. The molecule has 0 aliphatic heterocycles. The molecule has 3 N–H and O–H groups in total. The van der Waals surface area contributed by atoms with E-state index in [1.807, 2.05) is 18.2 Å². The van der Waals surface area contributed by atoms with Gasteiger partial charge in [0.1, 0.15) is 0 Å². The maximum absolute atomic E-state index is 11.6. The first-order valence-corrected chi connectivity index (χ1v) is 8.92. The molecular weight excluding hydrogens is 328 g/mol. The van der Waals surface area contributed by atoms with Crippen molar-refractivity contribution in [1.82, 2.24) is 20.4 Å². The maximum atomic E-state index is 11.6. The Morgan fingerprint density at radius 2 is 1.92 bits per heavy atom. The number of aromatic amines is 1. The van der Waals surface area contributed by atoms with Crippen molar-refractivity contribution >= 4 is 27.3 Å². The lowest BCUT2D eigenvalue weighted by Crippen LogP contribution is -2.14. The molecule has 0 aliphatic carbocycles. The van der Waals surface area contributed by atoms with Gasteiger partial charge in [-0.2, -0.15) is 10.2 Å². The van der Waals surface area contributed by atoms with E-state index in [1.165, 1.54) is 0 Å². The number of H-pyrrole nitrogens is 1. The molecule has 0 amide bonds. The second kappa shape index (κ2) is 6.67. The standard InChI is InChI=1S/C15H16N6O2S/c1-2-24(22,23)21-12-7-5-11(6-8-12)13-10-15(20-18-13)17-14-4-3-9-16-19-14/h3-10,21H,2H2,1H3,(H2,17,18,19,20). The number of benzene rings is 1. The molecule has 0 saturated heterocycles. The van der Waals surface area contributed by atoms with Crippen LogP contribution in [0.1, 0.15) is 6.92 Å². The normalized spacial score (nSPS) is 11.2. The molecule has 1 aromatic carbocycles. The Hall–Kier alpha value is -2.94. The third-order valence-electron chi connectivity index (χ3n) is 3.26. The van der Waals surface area contributed by atoms with Crippen molar-refractivity contribution in [2.75, 3.05) is 15.8 Å². The quantitative estimate of drug-likeness (QED) is 0.633. The summed E-state index contributed by atoms with van der Waals surface area (Å²) in [4.78, 5) is 0. The van der Waals surface area contributed by atoms with Crippen LogP contribution in [0.2, 0.25) is 0 Å². The Bertz CT molecular complexity index is 907. The van der Waals surface area contributed by atoms with E-state index in [4.69, 9.17) is 0 Å². The molecule has 0 saturated carbocycles. The number of sulfonamides is 1. The molecule has 0 atom stereocenters. The number of hydrogen-bond acceptors (Lipinski definition) is 6. The molecule has 0 radical (unpaired) electrons. The summed E-state index contributed by atoms with van der Waals surface area (Å²) in [7, 11) is -3.27. The predicted molar refractivity (Wildman–Crippen MR) is 92.4 cm³/mol. The molecular formula is C15H16N6O2S. The van der Waals surface area contributed by atoms with Gasteiger partial charge in [0.2, 0.25) is 10.0 Å². The zero-order chi connectivity index (χ0) is 17.0. The number of aromatic nitrogens is 4. The van der Waals surface area contributed by atoms with Crippen molar-refractivity contribution in [1.29, 1.82) is 0 Å². The Kier molecular flexibility index (Phi) is 4.43. The summed E-state index contributed by atoms with van der Waals surface area (Å²) in [6.07, 6.45) is 1.59. The summed E-state index contributed by atoms with van der Waals surface area (Å²) in [5, 5.41) is 17.8. The second-order valence-electron chi connectivity index (χ2n) is 4.98. The summed E-state index contributed by atoms with van der Waals surface area (Å²) in [6.45, 7) is 1.59. The summed E-state index contributed by atoms with van der Waals surface area (Å²) in [6, 6.07) is 12.4. The van der Waals surface area contributed by atoms with Crippen LogP contribution in [0.4, 0.5) is 17.3 Å². The lowest BCUT2D eigenvalue weighted by Gasteiger charge is -2.06. The highest BCUT2D eigenvalue weighted by molar-refractivity contribution is 7.92. The molecule has 0 aliphatic rings. The molecule has 0 bridgehead atoms. The van der Waals surface area contributed by atoms with E-state index in [0.29, 0.717) is 17.3 Å². The largest absolute Gasteiger partial charge is 0.322 e. The molecule has 124 valence electrons. The van der Waals surface area contributed by atoms with Gasteiger partial charge in [0.05, 0.1) is 11.4 Å². The smallest absolute Gasteiger partial charge is 0.232 e. The average molecular weight is 344 g/mol. The van der Waals surface area contributed by atoms with Crippen molar-refractivity contribution in [2.45, 2.75) is 6.92 Å². The van der Waals surface area contributed by atoms with E-state index in [1.54, 1.807) is 37.4 Å². The van der Waals surface area contributed by atoms with Gasteiger partial charge in [0, 0.05) is 18.0 Å². The number of rotatable bonds is 6. The van der Waals surface area contributed by atoms with Gasteiger partial charge in [0.15, 0.2) is 11.6 Å². The van der Waals surface area contributed by atoms with Gasteiger partial charge < -0.3 is 5.32 Å². The molecule has 9 heteroatoms. The molecule has 2 heterocycles. The summed E-state index contributed by atoms with van der Waals surface area (Å²) < 4.78 is 25.6. The van der Waals surface area contributed by atoms with Crippen molar-refractivity contribution in [3.8, 4) is 11.3 Å².